The Bertz CT molecular complexity index is 594. The van der Waals surface area contributed by atoms with E-state index in [4.69, 9.17) is 0 Å². The van der Waals surface area contributed by atoms with Gasteiger partial charge >= 0.3 is 0 Å². The molecule has 8 heteroatoms. The number of aromatic nitrogens is 1. The Morgan fingerprint density at radius 3 is 2.65 bits per heavy atom. The minimum Gasteiger partial charge on any atom is -0.505 e. The fourth-order valence-corrected chi connectivity index (χ4v) is 3.03. The van der Waals surface area contributed by atoms with Crippen LogP contribution in [0.4, 0.5) is 0 Å². The van der Waals surface area contributed by atoms with Gasteiger partial charge in [0.2, 0.25) is 10.0 Å². The predicted molar refractivity (Wildman–Crippen MR) is 72.8 cm³/mol. The monoisotopic (exact) mass is 299 g/mol. The second kappa shape index (κ2) is 5.76. The Labute approximate surface area is 117 Å². The summed E-state index contributed by atoms with van der Waals surface area (Å²) in [6.07, 6.45) is 3.71. The van der Waals surface area contributed by atoms with Gasteiger partial charge in [-0.1, -0.05) is 0 Å². The first kappa shape index (κ1) is 14.7. The van der Waals surface area contributed by atoms with Crippen LogP contribution in [0.1, 0.15) is 23.3 Å². The number of piperidine rings is 1. The largest absolute Gasteiger partial charge is 0.505 e. The second-order valence-electron chi connectivity index (χ2n) is 4.78. The van der Waals surface area contributed by atoms with Gasteiger partial charge in [0.1, 0.15) is 5.75 Å². The summed E-state index contributed by atoms with van der Waals surface area (Å²) in [6, 6.07) is 2.83. The number of nitrogens with one attached hydrogen (secondary N) is 1. The van der Waals surface area contributed by atoms with Crippen LogP contribution >= 0.6 is 0 Å². The predicted octanol–water partition coefficient (Wildman–Crippen LogP) is -0.0590. The maximum absolute atomic E-state index is 11.9. The Morgan fingerprint density at radius 2 is 2.10 bits per heavy atom. The van der Waals surface area contributed by atoms with Crippen molar-refractivity contribution in [1.82, 2.24) is 14.6 Å². The molecule has 0 bridgehead atoms. The molecule has 1 fully saturated rings. The number of sulfonamides is 1. The lowest BCUT2D eigenvalue weighted by atomic mass is 10.1. The van der Waals surface area contributed by atoms with Crippen LogP contribution in [-0.4, -0.2) is 54.1 Å². The molecule has 0 spiro atoms. The SMILES string of the molecule is CS(=O)(=O)N1CCC(NC(=O)c2ncccc2O)CC1. The van der Waals surface area contributed by atoms with Crippen LogP contribution in [0.25, 0.3) is 0 Å². The molecular formula is C12H17N3O4S. The van der Waals surface area contributed by atoms with Crippen molar-refractivity contribution >= 4 is 15.9 Å². The molecule has 0 saturated carbocycles. The minimum atomic E-state index is -3.17. The van der Waals surface area contributed by atoms with Gasteiger partial charge in [0.15, 0.2) is 5.69 Å². The molecule has 0 radical (unpaired) electrons. The maximum Gasteiger partial charge on any atom is 0.273 e. The summed E-state index contributed by atoms with van der Waals surface area (Å²) < 4.78 is 24.2. The van der Waals surface area contributed by atoms with Crippen molar-refractivity contribution in [2.75, 3.05) is 19.3 Å². The lowest BCUT2D eigenvalue weighted by Gasteiger charge is -2.30. The number of aromatic hydroxyl groups is 1. The lowest BCUT2D eigenvalue weighted by Crippen LogP contribution is -2.46. The number of hydrogen-bond acceptors (Lipinski definition) is 5. The number of carbonyl (C=O) groups is 1. The first-order chi connectivity index (χ1) is 9.38. The van der Waals surface area contributed by atoms with Gasteiger partial charge in [0.25, 0.3) is 5.91 Å². The summed E-state index contributed by atoms with van der Waals surface area (Å²) in [7, 11) is -3.17. The summed E-state index contributed by atoms with van der Waals surface area (Å²) in [5, 5.41) is 12.3. The van der Waals surface area contributed by atoms with Crippen LogP contribution in [-0.2, 0) is 10.0 Å². The molecule has 0 aliphatic carbocycles. The number of nitrogens with zero attached hydrogens (tertiary/aromatic N) is 2. The van der Waals surface area contributed by atoms with Crippen LogP contribution in [0.3, 0.4) is 0 Å². The molecule has 20 heavy (non-hydrogen) atoms. The van der Waals surface area contributed by atoms with E-state index in [-0.39, 0.29) is 17.5 Å². The molecule has 2 rings (SSSR count). The lowest BCUT2D eigenvalue weighted by molar-refractivity contribution is 0.0916. The topological polar surface area (TPSA) is 99.6 Å². The molecule has 2 N–H and O–H groups in total. The number of pyridine rings is 1. The van der Waals surface area contributed by atoms with Gasteiger partial charge in [0.05, 0.1) is 6.26 Å². The second-order valence-corrected chi connectivity index (χ2v) is 6.76. The van der Waals surface area contributed by atoms with Gasteiger partial charge in [-0.2, -0.15) is 0 Å². The van der Waals surface area contributed by atoms with Crippen LogP contribution in [0.2, 0.25) is 0 Å². The Hall–Kier alpha value is -1.67. The van der Waals surface area contributed by atoms with E-state index in [9.17, 15) is 18.3 Å². The first-order valence-electron chi connectivity index (χ1n) is 6.28. The molecule has 1 aliphatic heterocycles. The van der Waals surface area contributed by atoms with Crippen LogP contribution in [0.15, 0.2) is 18.3 Å². The van der Waals surface area contributed by atoms with E-state index in [0.29, 0.717) is 25.9 Å². The highest BCUT2D eigenvalue weighted by Crippen LogP contribution is 2.16. The van der Waals surface area contributed by atoms with E-state index in [0.717, 1.165) is 0 Å². The summed E-state index contributed by atoms with van der Waals surface area (Å²) in [5.41, 5.74) is -0.0157. The standard InChI is InChI=1S/C12H17N3O4S/c1-20(18,19)15-7-4-9(5-8-15)14-12(17)11-10(16)3-2-6-13-11/h2-3,6,9,16H,4-5,7-8H2,1H3,(H,14,17). The van der Waals surface area contributed by atoms with Crippen molar-refractivity contribution in [2.45, 2.75) is 18.9 Å². The third-order valence-corrected chi connectivity index (χ3v) is 4.56. The van der Waals surface area contributed by atoms with E-state index in [1.807, 2.05) is 0 Å². The molecule has 1 aromatic rings. The zero-order valence-electron chi connectivity index (χ0n) is 11.1. The molecule has 1 amide bonds. The number of carbonyl (C=O) groups excluding carboxylic acids is 1. The summed E-state index contributed by atoms with van der Waals surface area (Å²) in [6.45, 7) is 0.774. The van der Waals surface area contributed by atoms with Crippen molar-refractivity contribution in [2.24, 2.45) is 0 Å². The Balaban J connectivity index is 1.93. The summed E-state index contributed by atoms with van der Waals surface area (Å²) >= 11 is 0. The molecule has 7 nitrogen and oxygen atoms in total. The van der Waals surface area contributed by atoms with Gasteiger partial charge < -0.3 is 10.4 Å². The van der Waals surface area contributed by atoms with Crippen LogP contribution in [0.5, 0.6) is 5.75 Å². The third-order valence-electron chi connectivity index (χ3n) is 3.26. The summed E-state index contributed by atoms with van der Waals surface area (Å²) in [4.78, 5) is 15.8. The molecule has 1 aromatic heterocycles. The Morgan fingerprint density at radius 1 is 1.45 bits per heavy atom. The van der Waals surface area contributed by atoms with Gasteiger partial charge in [-0.3, -0.25) is 4.79 Å². The van der Waals surface area contributed by atoms with Crippen molar-refractivity contribution in [3.63, 3.8) is 0 Å². The quantitative estimate of drug-likeness (QED) is 0.814. The molecule has 1 saturated heterocycles. The Kier molecular flexibility index (Phi) is 4.24. The third kappa shape index (κ3) is 3.45. The molecule has 2 heterocycles. The number of rotatable bonds is 3. The molecule has 0 aromatic carbocycles. The molecule has 0 atom stereocenters. The maximum atomic E-state index is 11.9. The highest BCUT2D eigenvalue weighted by Gasteiger charge is 2.26. The first-order valence-corrected chi connectivity index (χ1v) is 8.12. The van der Waals surface area contributed by atoms with Crippen molar-refractivity contribution in [3.8, 4) is 5.75 Å². The van der Waals surface area contributed by atoms with Crippen LogP contribution in [0, 0.1) is 0 Å². The van der Waals surface area contributed by atoms with E-state index >= 15 is 0 Å². The van der Waals surface area contributed by atoms with E-state index < -0.39 is 15.9 Å². The number of hydrogen-bond donors (Lipinski definition) is 2. The van der Waals surface area contributed by atoms with Gasteiger partial charge in [-0.15, -0.1) is 0 Å². The highest BCUT2D eigenvalue weighted by molar-refractivity contribution is 7.88. The highest BCUT2D eigenvalue weighted by atomic mass is 32.2. The van der Waals surface area contributed by atoms with E-state index in [1.54, 1.807) is 0 Å². The average molecular weight is 299 g/mol. The molecule has 110 valence electrons. The normalized spacial score (nSPS) is 17.9. The fourth-order valence-electron chi connectivity index (χ4n) is 2.16. The zero-order chi connectivity index (χ0) is 14.8. The smallest absolute Gasteiger partial charge is 0.273 e. The summed E-state index contributed by atoms with van der Waals surface area (Å²) in [5.74, 6) is -0.612. The van der Waals surface area contributed by atoms with Crippen molar-refractivity contribution in [1.29, 1.82) is 0 Å². The fraction of sp³-hybridized carbons (Fsp3) is 0.500. The van der Waals surface area contributed by atoms with Crippen molar-refractivity contribution in [3.05, 3.63) is 24.0 Å². The average Bonchev–Trinajstić information content (AvgIpc) is 2.38. The van der Waals surface area contributed by atoms with Crippen molar-refractivity contribution < 1.29 is 18.3 Å². The molecule has 1 aliphatic rings. The van der Waals surface area contributed by atoms with Gasteiger partial charge in [-0.05, 0) is 25.0 Å². The van der Waals surface area contributed by atoms with Gasteiger partial charge in [-0.25, -0.2) is 17.7 Å². The minimum absolute atomic E-state index is 0.0157. The van der Waals surface area contributed by atoms with Crippen LogP contribution < -0.4 is 5.32 Å². The molecule has 0 unspecified atom stereocenters. The van der Waals surface area contributed by atoms with E-state index in [2.05, 4.69) is 10.3 Å². The number of amides is 1. The van der Waals surface area contributed by atoms with Gasteiger partial charge in [0, 0.05) is 25.3 Å². The molecular weight excluding hydrogens is 282 g/mol. The zero-order valence-corrected chi connectivity index (χ0v) is 11.9. The van der Waals surface area contributed by atoms with E-state index in [1.165, 1.54) is 28.9 Å².